The third kappa shape index (κ3) is 5.30. The topological polar surface area (TPSA) is 118 Å². The summed E-state index contributed by atoms with van der Waals surface area (Å²) in [6.07, 6.45) is 1.86. The summed E-state index contributed by atoms with van der Waals surface area (Å²) in [6, 6.07) is 10.6. The number of aliphatic hydroxyl groups excluding tert-OH is 1. The quantitative estimate of drug-likeness (QED) is 0.546. The molecule has 0 aliphatic heterocycles. The maximum atomic E-state index is 14.7. The summed E-state index contributed by atoms with van der Waals surface area (Å²) in [4.78, 5) is 7.95. The molecule has 1 heterocycles. The molecular weight excluding hydrogens is 415 g/mol. The largest absolute Gasteiger partial charge is 0.392 e. The van der Waals surface area contributed by atoms with Crippen LogP contribution >= 0.6 is 13.5 Å². The maximum absolute atomic E-state index is 14.7. The van der Waals surface area contributed by atoms with Gasteiger partial charge in [0.1, 0.15) is 11.6 Å². The molecule has 10 heteroatoms. The second-order valence-corrected chi connectivity index (χ2v) is 7.95. The van der Waals surface area contributed by atoms with Gasteiger partial charge in [-0.15, -0.1) is 0 Å². The lowest BCUT2D eigenvalue weighted by Crippen LogP contribution is -2.31. The summed E-state index contributed by atoms with van der Waals surface area (Å²) in [5.74, 6) is -0.342. The van der Waals surface area contributed by atoms with Crippen LogP contribution in [0.15, 0.2) is 59.8 Å². The fourth-order valence-corrected chi connectivity index (χ4v) is 3.96. The maximum Gasteiger partial charge on any atom is 0.241 e. The summed E-state index contributed by atoms with van der Waals surface area (Å²) in [6.45, 7) is 1.35. The number of halogens is 1. The minimum absolute atomic E-state index is 0. The fraction of sp³-hybridized carbons (Fsp3) is 0.158. The van der Waals surface area contributed by atoms with Crippen molar-refractivity contribution in [2.24, 2.45) is 0 Å². The summed E-state index contributed by atoms with van der Waals surface area (Å²) < 4.78 is 42.2. The van der Waals surface area contributed by atoms with Crippen molar-refractivity contribution in [1.82, 2.24) is 14.7 Å². The molecule has 4 N–H and O–H groups in total. The molecule has 0 unspecified atom stereocenters. The first-order chi connectivity index (χ1) is 13.3. The Morgan fingerprint density at radius 1 is 1.14 bits per heavy atom. The van der Waals surface area contributed by atoms with Crippen LogP contribution in [0.3, 0.4) is 0 Å². The number of aromatic nitrogens is 2. The molecule has 0 aliphatic carbocycles. The lowest BCUT2D eigenvalue weighted by atomic mass is 10.0. The van der Waals surface area contributed by atoms with Gasteiger partial charge in [-0.1, -0.05) is 24.3 Å². The third-order valence-electron chi connectivity index (χ3n) is 3.97. The number of nitrogens with zero attached hydrogens (tertiary/aromatic N) is 2. The van der Waals surface area contributed by atoms with E-state index >= 15 is 0 Å². The molecule has 1 aromatic heterocycles. The van der Waals surface area contributed by atoms with E-state index in [-0.39, 0.29) is 36.3 Å². The first-order valence-electron chi connectivity index (χ1n) is 8.42. The van der Waals surface area contributed by atoms with Gasteiger partial charge in [0.05, 0.1) is 29.1 Å². The zero-order valence-corrected chi connectivity index (χ0v) is 17.3. The highest BCUT2D eigenvalue weighted by Crippen LogP contribution is 2.31. The van der Waals surface area contributed by atoms with Crippen LogP contribution in [0.5, 0.6) is 0 Å². The molecule has 0 aliphatic rings. The van der Waals surface area contributed by atoms with Gasteiger partial charge in [0.15, 0.2) is 0 Å². The van der Waals surface area contributed by atoms with Gasteiger partial charge >= 0.3 is 0 Å². The van der Waals surface area contributed by atoms with Crippen LogP contribution in [0.1, 0.15) is 6.92 Å². The normalized spacial score (nSPS) is 12.2. The number of benzene rings is 2. The van der Waals surface area contributed by atoms with Gasteiger partial charge in [-0.3, -0.25) is 4.98 Å². The van der Waals surface area contributed by atoms with Gasteiger partial charge in [-0.25, -0.2) is 22.5 Å². The fourth-order valence-electron chi connectivity index (χ4n) is 2.61. The molecule has 29 heavy (non-hydrogen) atoms. The number of aliphatic hydroxyl groups is 1. The van der Waals surface area contributed by atoms with Crippen molar-refractivity contribution in [2.75, 3.05) is 12.3 Å². The first kappa shape index (κ1) is 22.8. The Labute approximate surface area is 175 Å². The lowest BCUT2D eigenvalue weighted by molar-refractivity contribution is 0.198. The van der Waals surface area contributed by atoms with Crippen LogP contribution in [-0.4, -0.2) is 36.1 Å². The van der Waals surface area contributed by atoms with Gasteiger partial charge in [-0.05, 0) is 30.7 Å². The molecule has 0 radical (unpaired) electrons. The number of sulfonamides is 1. The molecule has 1 atom stereocenters. The van der Waals surface area contributed by atoms with E-state index in [1.165, 1.54) is 37.5 Å². The molecule has 3 rings (SSSR count). The molecule has 0 saturated heterocycles. The number of hydrogen-bond donors (Lipinski definition) is 3. The van der Waals surface area contributed by atoms with Crippen molar-refractivity contribution in [3.63, 3.8) is 0 Å². The smallest absolute Gasteiger partial charge is 0.241 e. The van der Waals surface area contributed by atoms with E-state index in [1.54, 1.807) is 24.3 Å². The Kier molecular flexibility index (Phi) is 7.31. The highest BCUT2D eigenvalue weighted by atomic mass is 32.2. The van der Waals surface area contributed by atoms with Crippen LogP contribution in [-0.2, 0) is 10.0 Å². The second kappa shape index (κ2) is 9.31. The van der Waals surface area contributed by atoms with E-state index in [0.29, 0.717) is 16.8 Å². The summed E-state index contributed by atoms with van der Waals surface area (Å²) in [7, 11) is -3.88. The monoisotopic (exact) mass is 436 g/mol. The predicted octanol–water partition coefficient (Wildman–Crippen LogP) is 2.30. The Bertz CT molecular complexity index is 1090. The van der Waals surface area contributed by atoms with E-state index < -0.39 is 21.9 Å². The van der Waals surface area contributed by atoms with Gasteiger partial charge < -0.3 is 10.8 Å². The Hall–Kier alpha value is -2.53. The van der Waals surface area contributed by atoms with Crippen molar-refractivity contribution in [2.45, 2.75) is 17.9 Å². The number of nitrogens with two attached hydrogens (primary N) is 1. The number of nitrogen functional groups attached to an aromatic ring is 1. The van der Waals surface area contributed by atoms with E-state index in [1.807, 2.05) is 0 Å². The van der Waals surface area contributed by atoms with Crippen LogP contribution in [0, 0.1) is 5.82 Å². The van der Waals surface area contributed by atoms with Gasteiger partial charge in [0.2, 0.25) is 10.0 Å². The SMILES string of the molecule is C[C@H](O)CNS(=O)(=O)c1ccccc1-c1ccc(-c2cnc(N)cn2)c(F)c1.S. The minimum atomic E-state index is -3.88. The zero-order valence-electron chi connectivity index (χ0n) is 15.5. The van der Waals surface area contributed by atoms with Crippen LogP contribution in [0.25, 0.3) is 22.4 Å². The average molecular weight is 437 g/mol. The van der Waals surface area contributed by atoms with E-state index in [4.69, 9.17) is 5.73 Å². The third-order valence-corrected chi connectivity index (χ3v) is 5.45. The number of rotatable bonds is 6. The average Bonchev–Trinajstić information content (AvgIpc) is 2.67. The summed E-state index contributed by atoms with van der Waals surface area (Å²) in [5.41, 5.74) is 6.77. The minimum Gasteiger partial charge on any atom is -0.392 e. The summed E-state index contributed by atoms with van der Waals surface area (Å²) in [5, 5.41) is 9.35. The molecule has 0 amide bonds. The molecule has 0 bridgehead atoms. The lowest BCUT2D eigenvalue weighted by Gasteiger charge is -2.13. The molecular formula is C19H21FN4O3S2. The van der Waals surface area contributed by atoms with E-state index in [2.05, 4.69) is 14.7 Å². The van der Waals surface area contributed by atoms with Crippen molar-refractivity contribution >= 4 is 29.3 Å². The first-order valence-corrected chi connectivity index (χ1v) is 9.91. The molecule has 0 saturated carbocycles. The molecule has 0 fully saturated rings. The van der Waals surface area contributed by atoms with Gasteiger partial charge in [-0.2, -0.15) is 13.5 Å². The Morgan fingerprint density at radius 2 is 1.86 bits per heavy atom. The van der Waals surface area contributed by atoms with Crippen LogP contribution in [0.2, 0.25) is 0 Å². The van der Waals surface area contributed by atoms with Crippen molar-refractivity contribution < 1.29 is 17.9 Å². The highest BCUT2D eigenvalue weighted by Gasteiger charge is 2.20. The van der Waals surface area contributed by atoms with Crippen molar-refractivity contribution in [3.8, 4) is 22.4 Å². The van der Waals surface area contributed by atoms with E-state index in [9.17, 15) is 17.9 Å². The van der Waals surface area contributed by atoms with Crippen LogP contribution in [0.4, 0.5) is 10.2 Å². The van der Waals surface area contributed by atoms with Crippen molar-refractivity contribution in [3.05, 3.63) is 60.7 Å². The van der Waals surface area contributed by atoms with Crippen molar-refractivity contribution in [1.29, 1.82) is 0 Å². The number of hydrogen-bond acceptors (Lipinski definition) is 6. The number of nitrogens with one attached hydrogen (secondary N) is 1. The van der Waals surface area contributed by atoms with Crippen LogP contribution < -0.4 is 10.5 Å². The molecule has 154 valence electrons. The second-order valence-electron chi connectivity index (χ2n) is 6.22. The standard InChI is InChI=1S/C19H19FN4O3S.H2S/c1-12(25)9-24-28(26,27)18-5-3-2-4-14(18)13-6-7-15(16(20)8-13)17-10-23-19(21)11-22-17;/h2-8,10-12,24-25H,9H2,1H3,(H2,21,23);1H2/t12-;/m0./s1. The van der Waals surface area contributed by atoms with E-state index in [0.717, 1.165) is 0 Å². The van der Waals surface area contributed by atoms with Gasteiger partial charge in [0, 0.05) is 17.7 Å². The number of anilines is 1. The molecule has 3 aromatic rings. The zero-order chi connectivity index (χ0) is 20.3. The Balaban J connectivity index is 0.00000300. The predicted molar refractivity (Wildman–Crippen MR) is 115 cm³/mol. The Morgan fingerprint density at radius 3 is 2.48 bits per heavy atom. The highest BCUT2D eigenvalue weighted by molar-refractivity contribution is 7.89. The molecule has 7 nitrogen and oxygen atoms in total. The molecule has 0 spiro atoms. The summed E-state index contributed by atoms with van der Waals surface area (Å²) >= 11 is 0. The van der Waals surface area contributed by atoms with Gasteiger partial charge in [0.25, 0.3) is 0 Å². The molecule has 2 aromatic carbocycles.